The molecule has 0 saturated carbocycles. The van der Waals surface area contributed by atoms with Crippen molar-refractivity contribution in [2.24, 2.45) is 5.14 Å². The summed E-state index contributed by atoms with van der Waals surface area (Å²) in [4.78, 5) is 4.19. The third-order valence-electron chi connectivity index (χ3n) is 2.17. The molecule has 1 heterocycles. The van der Waals surface area contributed by atoms with Crippen molar-refractivity contribution in [3.8, 4) is 0 Å². The second-order valence-electron chi connectivity index (χ2n) is 5.07. The van der Waals surface area contributed by atoms with Gasteiger partial charge in [-0.3, -0.25) is 0 Å². The number of hydrogen-bond donors (Lipinski definition) is 2. The number of rotatable bonds is 2. The van der Waals surface area contributed by atoms with Gasteiger partial charge in [-0.05, 0) is 39.0 Å². The summed E-state index contributed by atoms with van der Waals surface area (Å²) < 4.78 is 27.9. The Kier molecular flexibility index (Phi) is 2.83. The van der Waals surface area contributed by atoms with Crippen molar-refractivity contribution in [1.29, 1.82) is 0 Å². The van der Waals surface area contributed by atoms with Gasteiger partial charge in [-0.1, -0.05) is 0 Å². The van der Waals surface area contributed by atoms with Gasteiger partial charge in [0, 0.05) is 5.54 Å². The lowest BCUT2D eigenvalue weighted by atomic mass is 10.1. The zero-order valence-corrected chi connectivity index (χ0v) is 11.2. The molecule has 0 unspecified atom stereocenters. The molecule has 0 saturated heterocycles. The molecule has 18 heavy (non-hydrogen) atoms. The van der Waals surface area contributed by atoms with Crippen LogP contribution in [0, 0.1) is 0 Å². The highest BCUT2D eigenvalue weighted by Crippen LogP contribution is 2.23. The maximum absolute atomic E-state index is 11.2. The first-order valence-electron chi connectivity index (χ1n) is 5.37. The molecule has 98 valence electrons. The normalized spacial score (nSPS) is 12.9. The van der Waals surface area contributed by atoms with Crippen LogP contribution in [0.3, 0.4) is 0 Å². The Morgan fingerprint density at radius 3 is 2.56 bits per heavy atom. The van der Waals surface area contributed by atoms with Crippen LogP contribution in [0.15, 0.2) is 27.5 Å². The number of nitrogens with zero attached hydrogens (tertiary/aromatic N) is 1. The largest absolute Gasteiger partial charge is 0.424 e. The minimum absolute atomic E-state index is 0.0191. The van der Waals surface area contributed by atoms with Crippen molar-refractivity contribution >= 4 is 27.1 Å². The van der Waals surface area contributed by atoms with Gasteiger partial charge >= 0.3 is 0 Å². The van der Waals surface area contributed by atoms with Crippen LogP contribution < -0.4 is 10.5 Å². The molecule has 0 spiro atoms. The Morgan fingerprint density at radius 1 is 1.33 bits per heavy atom. The molecule has 0 amide bonds. The molecule has 3 N–H and O–H groups in total. The molecule has 0 aliphatic rings. The van der Waals surface area contributed by atoms with Gasteiger partial charge in [-0.15, -0.1) is 0 Å². The number of nitrogens with one attached hydrogen (secondary N) is 1. The topological polar surface area (TPSA) is 98.2 Å². The predicted molar refractivity (Wildman–Crippen MR) is 68.8 cm³/mol. The second-order valence-corrected chi connectivity index (χ2v) is 6.63. The van der Waals surface area contributed by atoms with Crippen molar-refractivity contribution in [1.82, 2.24) is 4.98 Å². The Balaban J connectivity index is 2.46. The van der Waals surface area contributed by atoms with Crippen molar-refractivity contribution in [2.75, 3.05) is 5.32 Å². The molecule has 0 aliphatic heterocycles. The van der Waals surface area contributed by atoms with E-state index in [2.05, 4.69) is 10.3 Å². The van der Waals surface area contributed by atoms with E-state index in [0.29, 0.717) is 17.1 Å². The number of sulfonamides is 1. The number of fused-ring (bicyclic) bond motifs is 1. The van der Waals surface area contributed by atoms with Crippen LogP contribution in [0.4, 0.5) is 6.01 Å². The smallest absolute Gasteiger partial charge is 0.296 e. The molecule has 0 radical (unpaired) electrons. The van der Waals surface area contributed by atoms with Gasteiger partial charge < -0.3 is 9.73 Å². The van der Waals surface area contributed by atoms with E-state index in [9.17, 15) is 8.42 Å². The molecule has 0 bridgehead atoms. The first kappa shape index (κ1) is 12.8. The highest BCUT2D eigenvalue weighted by molar-refractivity contribution is 7.89. The van der Waals surface area contributed by atoms with Crippen molar-refractivity contribution < 1.29 is 12.8 Å². The van der Waals surface area contributed by atoms with Crippen molar-refractivity contribution in [2.45, 2.75) is 31.2 Å². The van der Waals surface area contributed by atoms with E-state index >= 15 is 0 Å². The summed E-state index contributed by atoms with van der Waals surface area (Å²) in [7, 11) is -3.72. The molecule has 2 aromatic rings. The van der Waals surface area contributed by atoms with E-state index in [4.69, 9.17) is 9.56 Å². The standard InChI is InChI=1S/C11H15N3O3S/c1-11(2,3)14-10-13-8-6-7(18(12,15)16)4-5-9(8)17-10/h4-6H,1-3H3,(H,13,14)(H2,12,15,16). The second kappa shape index (κ2) is 3.96. The highest BCUT2D eigenvalue weighted by atomic mass is 32.2. The zero-order valence-electron chi connectivity index (χ0n) is 10.4. The monoisotopic (exact) mass is 269 g/mol. The van der Waals surface area contributed by atoms with Gasteiger partial charge in [0.05, 0.1) is 4.90 Å². The lowest BCUT2D eigenvalue weighted by Crippen LogP contribution is -2.26. The maximum atomic E-state index is 11.2. The fourth-order valence-electron chi connectivity index (χ4n) is 1.46. The van der Waals surface area contributed by atoms with Crippen LogP contribution in [0.1, 0.15) is 20.8 Å². The molecule has 1 aromatic heterocycles. The Bertz CT molecular complexity index is 683. The molecule has 7 heteroatoms. The van der Waals surface area contributed by atoms with Crippen molar-refractivity contribution in [3.05, 3.63) is 18.2 Å². The minimum atomic E-state index is -3.72. The number of oxazole rings is 1. The fourth-order valence-corrected chi connectivity index (χ4v) is 1.99. The average Bonchev–Trinajstić information content (AvgIpc) is 2.53. The van der Waals surface area contributed by atoms with E-state index < -0.39 is 10.0 Å². The Hall–Kier alpha value is -1.60. The lowest BCUT2D eigenvalue weighted by Gasteiger charge is -2.18. The molecular formula is C11H15N3O3S. The van der Waals surface area contributed by atoms with Gasteiger partial charge in [0.15, 0.2) is 5.58 Å². The summed E-state index contributed by atoms with van der Waals surface area (Å²) in [5.41, 5.74) is 0.770. The van der Waals surface area contributed by atoms with Crippen LogP contribution >= 0.6 is 0 Å². The van der Waals surface area contributed by atoms with Gasteiger partial charge in [0.25, 0.3) is 6.01 Å². The van der Waals surface area contributed by atoms with E-state index in [1.54, 1.807) is 0 Å². The number of benzene rings is 1. The average molecular weight is 269 g/mol. The van der Waals surface area contributed by atoms with Crippen LogP contribution in [-0.2, 0) is 10.0 Å². The number of aromatic nitrogens is 1. The van der Waals surface area contributed by atoms with E-state index in [1.807, 2.05) is 20.8 Å². The third-order valence-corrected chi connectivity index (χ3v) is 3.08. The number of hydrogen-bond acceptors (Lipinski definition) is 5. The summed E-state index contributed by atoms with van der Waals surface area (Å²) in [6, 6.07) is 4.67. The van der Waals surface area contributed by atoms with Crippen molar-refractivity contribution in [3.63, 3.8) is 0 Å². The quantitative estimate of drug-likeness (QED) is 0.864. The van der Waals surface area contributed by atoms with E-state index in [-0.39, 0.29) is 10.4 Å². The lowest BCUT2D eigenvalue weighted by molar-refractivity contribution is 0.555. The molecule has 1 aromatic carbocycles. The van der Waals surface area contributed by atoms with Gasteiger partial charge in [0.2, 0.25) is 10.0 Å². The number of anilines is 1. The van der Waals surface area contributed by atoms with Crippen LogP contribution in [-0.4, -0.2) is 18.9 Å². The fraction of sp³-hybridized carbons (Fsp3) is 0.364. The van der Waals surface area contributed by atoms with Crippen LogP contribution in [0.25, 0.3) is 11.1 Å². The minimum Gasteiger partial charge on any atom is -0.424 e. The van der Waals surface area contributed by atoms with Gasteiger partial charge in [-0.2, -0.15) is 4.98 Å². The molecule has 6 nitrogen and oxygen atoms in total. The molecule has 0 atom stereocenters. The summed E-state index contributed by atoms with van der Waals surface area (Å²) in [6.45, 7) is 5.91. The summed E-state index contributed by atoms with van der Waals surface area (Å²) in [5.74, 6) is 0. The van der Waals surface area contributed by atoms with E-state index in [1.165, 1.54) is 18.2 Å². The molecule has 0 aliphatic carbocycles. The summed E-state index contributed by atoms with van der Waals surface area (Å²) in [6.07, 6.45) is 0. The highest BCUT2D eigenvalue weighted by Gasteiger charge is 2.16. The number of nitrogens with two attached hydrogens (primary N) is 1. The third kappa shape index (κ3) is 2.80. The van der Waals surface area contributed by atoms with Crippen LogP contribution in [0.5, 0.6) is 0 Å². The SMILES string of the molecule is CC(C)(C)Nc1nc2cc(S(N)(=O)=O)ccc2o1. The Labute approximate surface area is 105 Å². The van der Waals surface area contributed by atoms with E-state index in [0.717, 1.165) is 0 Å². The molecule has 2 rings (SSSR count). The Morgan fingerprint density at radius 2 is 2.00 bits per heavy atom. The van der Waals surface area contributed by atoms with Crippen LogP contribution in [0.2, 0.25) is 0 Å². The zero-order chi connectivity index (χ0) is 13.6. The summed E-state index contributed by atoms with van der Waals surface area (Å²) >= 11 is 0. The van der Waals surface area contributed by atoms with Gasteiger partial charge in [0.1, 0.15) is 5.52 Å². The maximum Gasteiger partial charge on any atom is 0.296 e. The number of primary sulfonamides is 1. The molecular weight excluding hydrogens is 254 g/mol. The first-order valence-corrected chi connectivity index (χ1v) is 6.91. The first-order chi connectivity index (χ1) is 8.15. The summed E-state index contributed by atoms with van der Waals surface area (Å²) in [5, 5.41) is 8.12. The predicted octanol–water partition coefficient (Wildman–Crippen LogP) is 1.69. The molecule has 0 fully saturated rings. The van der Waals surface area contributed by atoms with Gasteiger partial charge in [-0.25, -0.2) is 13.6 Å².